The molecular formula is C26H29N3O3. The number of benzene rings is 3. The number of carbonyl (C=O) groups is 1. The van der Waals surface area contributed by atoms with Gasteiger partial charge in [-0.15, -0.1) is 0 Å². The molecule has 0 aromatic heterocycles. The highest BCUT2D eigenvalue weighted by atomic mass is 16.5. The van der Waals surface area contributed by atoms with E-state index in [4.69, 9.17) is 9.47 Å². The quantitative estimate of drug-likeness (QED) is 0.605. The summed E-state index contributed by atoms with van der Waals surface area (Å²) in [4.78, 5) is 17.3. The average Bonchev–Trinajstić information content (AvgIpc) is 2.85. The fourth-order valence-electron chi connectivity index (χ4n) is 3.94. The Kier molecular flexibility index (Phi) is 6.92. The van der Waals surface area contributed by atoms with Gasteiger partial charge in [0, 0.05) is 44.0 Å². The molecule has 4 rings (SSSR count). The van der Waals surface area contributed by atoms with Gasteiger partial charge in [0.05, 0.1) is 19.9 Å². The molecule has 0 atom stereocenters. The van der Waals surface area contributed by atoms with Gasteiger partial charge in [-0.25, -0.2) is 0 Å². The van der Waals surface area contributed by atoms with Crippen molar-refractivity contribution in [3.8, 4) is 11.5 Å². The van der Waals surface area contributed by atoms with Gasteiger partial charge in [0.2, 0.25) is 0 Å². The summed E-state index contributed by atoms with van der Waals surface area (Å²) in [6.07, 6.45) is 0. The van der Waals surface area contributed by atoms with Crippen LogP contribution >= 0.6 is 0 Å². The third kappa shape index (κ3) is 5.21. The van der Waals surface area contributed by atoms with E-state index in [1.54, 1.807) is 14.2 Å². The number of piperazine rings is 1. The first-order chi connectivity index (χ1) is 15.7. The molecule has 32 heavy (non-hydrogen) atoms. The Balaban J connectivity index is 1.30. The topological polar surface area (TPSA) is 54.0 Å². The maximum absolute atomic E-state index is 12.5. The molecule has 1 N–H and O–H groups in total. The smallest absolute Gasteiger partial charge is 0.255 e. The minimum absolute atomic E-state index is 0.118. The first-order valence-corrected chi connectivity index (χ1v) is 10.8. The molecule has 1 aliphatic heterocycles. The molecule has 6 heteroatoms. The highest BCUT2D eigenvalue weighted by molar-refractivity contribution is 6.04. The molecule has 1 saturated heterocycles. The molecule has 6 nitrogen and oxygen atoms in total. The van der Waals surface area contributed by atoms with Crippen LogP contribution in [0.1, 0.15) is 15.9 Å². The third-order valence-corrected chi connectivity index (χ3v) is 5.77. The second kappa shape index (κ2) is 10.2. The molecule has 0 saturated carbocycles. The van der Waals surface area contributed by atoms with Crippen LogP contribution in [-0.2, 0) is 6.54 Å². The summed E-state index contributed by atoms with van der Waals surface area (Å²) in [7, 11) is 3.34. The van der Waals surface area contributed by atoms with Gasteiger partial charge in [-0.05, 0) is 54.1 Å². The first kappa shape index (κ1) is 21.7. The van der Waals surface area contributed by atoms with Crippen molar-refractivity contribution in [3.05, 3.63) is 83.9 Å². The number of rotatable bonds is 7. The molecule has 0 aliphatic carbocycles. The first-order valence-electron chi connectivity index (χ1n) is 10.8. The number of hydrogen-bond acceptors (Lipinski definition) is 5. The number of nitrogens with one attached hydrogen (secondary N) is 1. The molecule has 0 bridgehead atoms. The second-order valence-corrected chi connectivity index (χ2v) is 7.81. The molecule has 1 amide bonds. The van der Waals surface area contributed by atoms with Crippen LogP contribution in [0.15, 0.2) is 72.8 Å². The normalized spacial score (nSPS) is 14.1. The monoisotopic (exact) mass is 431 g/mol. The van der Waals surface area contributed by atoms with Crippen molar-refractivity contribution >= 4 is 17.3 Å². The number of amides is 1. The van der Waals surface area contributed by atoms with Gasteiger partial charge in [-0.3, -0.25) is 9.69 Å². The van der Waals surface area contributed by atoms with Gasteiger partial charge >= 0.3 is 0 Å². The molecule has 166 valence electrons. The van der Waals surface area contributed by atoms with E-state index >= 15 is 0 Å². The van der Waals surface area contributed by atoms with Crippen molar-refractivity contribution in [2.75, 3.05) is 50.6 Å². The van der Waals surface area contributed by atoms with Crippen LogP contribution in [0.25, 0.3) is 0 Å². The maximum Gasteiger partial charge on any atom is 0.255 e. The lowest BCUT2D eigenvalue weighted by atomic mass is 10.1. The molecule has 0 unspecified atom stereocenters. The second-order valence-electron chi connectivity index (χ2n) is 7.81. The lowest BCUT2D eigenvalue weighted by Crippen LogP contribution is -2.46. The van der Waals surface area contributed by atoms with Crippen LogP contribution in [0.2, 0.25) is 0 Å². The van der Waals surface area contributed by atoms with Crippen molar-refractivity contribution in [1.82, 2.24) is 4.90 Å². The van der Waals surface area contributed by atoms with Crippen LogP contribution in [-0.4, -0.2) is 51.2 Å². The molecule has 1 fully saturated rings. The van der Waals surface area contributed by atoms with Gasteiger partial charge in [0.25, 0.3) is 5.91 Å². The molecule has 0 spiro atoms. The summed E-state index contributed by atoms with van der Waals surface area (Å²) in [6.45, 7) is 4.76. The predicted octanol–water partition coefficient (Wildman–Crippen LogP) is 4.28. The number of para-hydroxylation sites is 2. The Bertz CT molecular complexity index is 1030. The lowest BCUT2D eigenvalue weighted by Gasteiger charge is -2.36. The van der Waals surface area contributed by atoms with Crippen LogP contribution in [0.4, 0.5) is 11.4 Å². The fraction of sp³-hybridized carbons (Fsp3) is 0.269. The van der Waals surface area contributed by atoms with Gasteiger partial charge in [0.1, 0.15) is 11.5 Å². The SMILES string of the molecule is COc1ccc(NC(=O)c2ccc(CN3CCN(c4ccccc4OC)CC3)cc2)cc1. The number of methoxy groups -OCH3 is 2. The number of nitrogens with zero attached hydrogens (tertiary/aromatic N) is 2. The molecule has 1 aliphatic rings. The van der Waals surface area contributed by atoms with Crippen molar-refractivity contribution in [2.45, 2.75) is 6.54 Å². The highest BCUT2D eigenvalue weighted by Crippen LogP contribution is 2.28. The zero-order valence-electron chi connectivity index (χ0n) is 18.6. The van der Waals surface area contributed by atoms with E-state index in [2.05, 4.69) is 27.2 Å². The summed E-state index contributed by atoms with van der Waals surface area (Å²) in [6, 6.07) is 23.3. The Morgan fingerprint density at radius 2 is 1.53 bits per heavy atom. The summed E-state index contributed by atoms with van der Waals surface area (Å²) < 4.78 is 10.7. The van der Waals surface area contributed by atoms with Gasteiger partial charge in [0.15, 0.2) is 0 Å². The maximum atomic E-state index is 12.5. The van der Waals surface area contributed by atoms with Gasteiger partial charge in [-0.1, -0.05) is 24.3 Å². The number of carbonyl (C=O) groups excluding carboxylic acids is 1. The summed E-state index contributed by atoms with van der Waals surface area (Å²) in [5.74, 6) is 1.56. The predicted molar refractivity (Wildman–Crippen MR) is 128 cm³/mol. The number of hydrogen-bond donors (Lipinski definition) is 1. The van der Waals surface area contributed by atoms with Crippen LogP contribution < -0.4 is 19.7 Å². The van der Waals surface area contributed by atoms with E-state index in [9.17, 15) is 4.79 Å². The number of anilines is 2. The van der Waals surface area contributed by atoms with E-state index in [0.29, 0.717) is 5.56 Å². The summed E-state index contributed by atoms with van der Waals surface area (Å²) in [5.41, 5.74) is 3.75. The van der Waals surface area contributed by atoms with E-state index in [-0.39, 0.29) is 5.91 Å². The van der Waals surface area contributed by atoms with Crippen LogP contribution in [0.5, 0.6) is 11.5 Å². The highest BCUT2D eigenvalue weighted by Gasteiger charge is 2.19. The summed E-state index contributed by atoms with van der Waals surface area (Å²) in [5, 5.41) is 2.92. The molecule has 0 radical (unpaired) electrons. The minimum Gasteiger partial charge on any atom is -0.497 e. The Morgan fingerprint density at radius 3 is 2.19 bits per heavy atom. The van der Waals surface area contributed by atoms with Crippen molar-refractivity contribution < 1.29 is 14.3 Å². The van der Waals surface area contributed by atoms with Crippen LogP contribution in [0, 0.1) is 0 Å². The largest absolute Gasteiger partial charge is 0.497 e. The van der Waals surface area contributed by atoms with Crippen LogP contribution in [0.3, 0.4) is 0 Å². The van der Waals surface area contributed by atoms with E-state index in [1.165, 1.54) is 5.56 Å². The van der Waals surface area contributed by atoms with Crippen molar-refractivity contribution in [3.63, 3.8) is 0 Å². The van der Waals surface area contributed by atoms with E-state index in [1.807, 2.05) is 60.7 Å². The fourth-order valence-corrected chi connectivity index (χ4v) is 3.94. The third-order valence-electron chi connectivity index (χ3n) is 5.77. The van der Waals surface area contributed by atoms with Crippen molar-refractivity contribution in [2.24, 2.45) is 0 Å². The van der Waals surface area contributed by atoms with Crippen molar-refractivity contribution in [1.29, 1.82) is 0 Å². The average molecular weight is 432 g/mol. The zero-order chi connectivity index (χ0) is 22.3. The minimum atomic E-state index is -0.118. The molecule has 3 aromatic carbocycles. The molecular weight excluding hydrogens is 402 g/mol. The van der Waals surface area contributed by atoms with E-state index < -0.39 is 0 Å². The lowest BCUT2D eigenvalue weighted by molar-refractivity contribution is 0.102. The van der Waals surface area contributed by atoms with E-state index in [0.717, 1.165) is 55.6 Å². The Hall–Kier alpha value is -3.51. The summed E-state index contributed by atoms with van der Waals surface area (Å²) >= 11 is 0. The Labute approximate surface area is 189 Å². The van der Waals surface area contributed by atoms with Gasteiger partial charge in [-0.2, -0.15) is 0 Å². The number of ether oxygens (including phenoxy) is 2. The zero-order valence-corrected chi connectivity index (χ0v) is 18.6. The van der Waals surface area contributed by atoms with Gasteiger partial charge < -0.3 is 19.7 Å². The molecule has 1 heterocycles. The standard InChI is InChI=1S/C26H29N3O3/c1-31-23-13-11-22(12-14-23)27-26(30)21-9-7-20(8-10-21)19-28-15-17-29(18-16-28)24-5-3-4-6-25(24)32-2/h3-14H,15-19H2,1-2H3,(H,27,30). The Morgan fingerprint density at radius 1 is 0.844 bits per heavy atom. The molecule has 3 aromatic rings.